The van der Waals surface area contributed by atoms with Crippen molar-refractivity contribution >= 4 is 11.6 Å². The predicted octanol–water partition coefficient (Wildman–Crippen LogP) is 1.08. The van der Waals surface area contributed by atoms with Gasteiger partial charge in [0.2, 0.25) is 0 Å². The molecule has 1 saturated carbocycles. The first-order valence-electron chi connectivity index (χ1n) is 7.60. The lowest BCUT2D eigenvalue weighted by Crippen LogP contribution is -2.29. The van der Waals surface area contributed by atoms with E-state index in [1.54, 1.807) is 0 Å². The van der Waals surface area contributed by atoms with Crippen molar-refractivity contribution in [3.8, 4) is 0 Å². The molecule has 110 valence electrons. The van der Waals surface area contributed by atoms with Crippen LogP contribution >= 0.6 is 0 Å². The van der Waals surface area contributed by atoms with E-state index in [1.165, 1.54) is 25.9 Å². The predicted molar refractivity (Wildman–Crippen MR) is 77.6 cm³/mol. The summed E-state index contributed by atoms with van der Waals surface area (Å²) in [5, 5.41) is 9.88. The third-order valence-electron chi connectivity index (χ3n) is 4.17. The number of nitrogens with one attached hydrogen (secondary N) is 2. The number of carbonyl (C=O) groups excluding carboxylic acids is 1. The minimum Gasteiger partial charge on any atom is -0.395 e. The molecule has 20 heavy (non-hydrogen) atoms. The van der Waals surface area contributed by atoms with E-state index in [2.05, 4.69) is 20.4 Å². The van der Waals surface area contributed by atoms with E-state index in [0.717, 1.165) is 31.5 Å². The number of aromatic nitrogens is 2. The fourth-order valence-corrected chi connectivity index (χ4v) is 2.81. The molecule has 6 heteroatoms. The minimum atomic E-state index is -0.160. The van der Waals surface area contributed by atoms with E-state index in [9.17, 15) is 4.79 Å². The fourth-order valence-electron chi connectivity index (χ4n) is 2.81. The second kappa shape index (κ2) is 5.83. The molecule has 2 heterocycles. The molecule has 1 aliphatic carbocycles. The van der Waals surface area contributed by atoms with E-state index >= 15 is 0 Å². The molecule has 4 N–H and O–H groups in total. The van der Waals surface area contributed by atoms with Gasteiger partial charge in [0.1, 0.15) is 0 Å². The Hall–Kier alpha value is -1.56. The van der Waals surface area contributed by atoms with Crippen LogP contribution in [0.2, 0.25) is 0 Å². The molecule has 0 atom stereocenters. The zero-order chi connectivity index (χ0) is 13.9. The summed E-state index contributed by atoms with van der Waals surface area (Å²) in [4.78, 5) is 14.5. The maximum absolute atomic E-state index is 12.0. The molecule has 0 radical (unpaired) electrons. The Balaban J connectivity index is 1.44. The largest absolute Gasteiger partial charge is 0.395 e. The SMILES string of the molecule is Nc1c(C(=O)NCCCN2CCCC2)n[nH]c1C1CC1. The van der Waals surface area contributed by atoms with Crippen molar-refractivity contribution in [2.75, 3.05) is 31.9 Å². The Morgan fingerprint density at radius 1 is 1.40 bits per heavy atom. The average molecular weight is 277 g/mol. The number of carbonyl (C=O) groups is 1. The van der Waals surface area contributed by atoms with Crippen molar-refractivity contribution in [1.29, 1.82) is 0 Å². The highest BCUT2D eigenvalue weighted by molar-refractivity contribution is 5.97. The number of H-pyrrole nitrogens is 1. The molecule has 0 bridgehead atoms. The van der Waals surface area contributed by atoms with Crippen LogP contribution in [-0.4, -0.2) is 47.2 Å². The molecular weight excluding hydrogens is 254 g/mol. The third kappa shape index (κ3) is 2.95. The smallest absolute Gasteiger partial charge is 0.273 e. The second-order valence-electron chi connectivity index (χ2n) is 5.83. The van der Waals surface area contributed by atoms with Crippen molar-refractivity contribution in [2.45, 2.75) is 38.0 Å². The number of nitrogens with two attached hydrogens (primary N) is 1. The number of hydrogen-bond acceptors (Lipinski definition) is 4. The molecule has 1 saturated heterocycles. The number of anilines is 1. The molecule has 1 aromatic heterocycles. The number of amides is 1. The Labute approximate surface area is 119 Å². The maximum Gasteiger partial charge on any atom is 0.273 e. The van der Waals surface area contributed by atoms with Gasteiger partial charge < -0.3 is 16.0 Å². The highest BCUT2D eigenvalue weighted by Crippen LogP contribution is 2.42. The number of rotatable bonds is 6. The lowest BCUT2D eigenvalue weighted by Gasteiger charge is -2.14. The van der Waals surface area contributed by atoms with Crippen LogP contribution in [0.1, 0.15) is 54.2 Å². The molecule has 1 amide bonds. The molecule has 2 fully saturated rings. The molecule has 1 aliphatic heterocycles. The quantitative estimate of drug-likeness (QED) is 0.679. The van der Waals surface area contributed by atoms with Gasteiger partial charge in [-0.05, 0) is 51.7 Å². The summed E-state index contributed by atoms with van der Waals surface area (Å²) >= 11 is 0. The van der Waals surface area contributed by atoms with Gasteiger partial charge in [-0.1, -0.05) is 0 Å². The van der Waals surface area contributed by atoms with Crippen LogP contribution in [0, 0.1) is 0 Å². The van der Waals surface area contributed by atoms with Crippen molar-refractivity contribution < 1.29 is 4.79 Å². The van der Waals surface area contributed by atoms with Gasteiger partial charge in [-0.25, -0.2) is 0 Å². The molecule has 3 rings (SSSR count). The third-order valence-corrected chi connectivity index (χ3v) is 4.17. The van der Waals surface area contributed by atoms with Gasteiger partial charge in [-0.2, -0.15) is 5.10 Å². The number of hydrogen-bond donors (Lipinski definition) is 3. The number of likely N-dealkylation sites (tertiary alicyclic amines) is 1. The number of nitrogens with zero attached hydrogens (tertiary/aromatic N) is 2. The van der Waals surface area contributed by atoms with E-state index < -0.39 is 0 Å². The Kier molecular flexibility index (Phi) is 3.91. The van der Waals surface area contributed by atoms with Gasteiger partial charge in [-0.15, -0.1) is 0 Å². The van der Waals surface area contributed by atoms with Crippen molar-refractivity contribution in [3.63, 3.8) is 0 Å². The van der Waals surface area contributed by atoms with Gasteiger partial charge in [0.05, 0.1) is 11.4 Å². The highest BCUT2D eigenvalue weighted by atomic mass is 16.1. The summed E-state index contributed by atoms with van der Waals surface area (Å²) in [7, 11) is 0. The second-order valence-corrected chi connectivity index (χ2v) is 5.83. The van der Waals surface area contributed by atoms with E-state index in [0.29, 0.717) is 23.8 Å². The van der Waals surface area contributed by atoms with E-state index in [4.69, 9.17) is 5.73 Å². The van der Waals surface area contributed by atoms with Gasteiger partial charge in [0.15, 0.2) is 5.69 Å². The lowest BCUT2D eigenvalue weighted by atomic mass is 10.2. The average Bonchev–Trinajstić information content (AvgIpc) is 3.00. The number of nitrogen functional groups attached to an aromatic ring is 1. The Morgan fingerprint density at radius 3 is 2.85 bits per heavy atom. The van der Waals surface area contributed by atoms with E-state index in [-0.39, 0.29) is 5.91 Å². The van der Waals surface area contributed by atoms with Gasteiger partial charge >= 0.3 is 0 Å². The van der Waals surface area contributed by atoms with Crippen molar-refractivity contribution in [1.82, 2.24) is 20.4 Å². The van der Waals surface area contributed by atoms with Crippen molar-refractivity contribution in [3.05, 3.63) is 11.4 Å². The van der Waals surface area contributed by atoms with Crippen LogP contribution in [0.5, 0.6) is 0 Å². The first kappa shape index (κ1) is 13.4. The monoisotopic (exact) mass is 277 g/mol. The minimum absolute atomic E-state index is 0.160. The first-order chi connectivity index (χ1) is 9.75. The molecule has 0 aromatic carbocycles. The van der Waals surface area contributed by atoms with Crippen LogP contribution in [0.15, 0.2) is 0 Å². The van der Waals surface area contributed by atoms with Gasteiger partial charge in [0.25, 0.3) is 5.91 Å². The Morgan fingerprint density at radius 2 is 2.15 bits per heavy atom. The normalized spacial score (nSPS) is 19.4. The van der Waals surface area contributed by atoms with Crippen LogP contribution in [-0.2, 0) is 0 Å². The highest BCUT2D eigenvalue weighted by Gasteiger charge is 2.30. The van der Waals surface area contributed by atoms with Crippen LogP contribution in [0.4, 0.5) is 5.69 Å². The zero-order valence-electron chi connectivity index (χ0n) is 11.8. The van der Waals surface area contributed by atoms with Crippen molar-refractivity contribution in [2.24, 2.45) is 0 Å². The van der Waals surface area contributed by atoms with Crippen LogP contribution in [0.3, 0.4) is 0 Å². The molecule has 0 unspecified atom stereocenters. The van der Waals surface area contributed by atoms with Gasteiger partial charge in [-0.3, -0.25) is 9.89 Å². The lowest BCUT2D eigenvalue weighted by molar-refractivity contribution is 0.0948. The summed E-state index contributed by atoms with van der Waals surface area (Å²) < 4.78 is 0. The molecular formula is C14H23N5O. The Bertz CT molecular complexity index is 474. The topological polar surface area (TPSA) is 87.0 Å². The molecule has 0 spiro atoms. The summed E-state index contributed by atoms with van der Waals surface area (Å²) in [5.41, 5.74) is 7.81. The van der Waals surface area contributed by atoms with E-state index in [1.807, 2.05) is 0 Å². The summed E-state index contributed by atoms with van der Waals surface area (Å²) in [6, 6.07) is 0. The molecule has 1 aromatic rings. The van der Waals surface area contributed by atoms with Crippen LogP contribution < -0.4 is 11.1 Å². The summed E-state index contributed by atoms with van der Waals surface area (Å²) in [6.07, 6.45) is 5.87. The van der Waals surface area contributed by atoms with Crippen LogP contribution in [0.25, 0.3) is 0 Å². The molecule has 2 aliphatic rings. The standard InChI is InChI=1S/C14H23N5O/c15-11-12(10-4-5-10)17-18-13(11)14(20)16-6-3-9-19-7-1-2-8-19/h10H,1-9,15H2,(H,16,20)(H,17,18). The molecule has 6 nitrogen and oxygen atoms in total. The summed E-state index contributed by atoms with van der Waals surface area (Å²) in [6.45, 7) is 4.14. The zero-order valence-corrected chi connectivity index (χ0v) is 11.8. The fraction of sp³-hybridized carbons (Fsp3) is 0.714. The first-order valence-corrected chi connectivity index (χ1v) is 7.60. The summed E-state index contributed by atoms with van der Waals surface area (Å²) in [5.74, 6) is 0.325. The van der Waals surface area contributed by atoms with Gasteiger partial charge in [0, 0.05) is 12.5 Å². The number of aromatic amines is 1. The maximum atomic E-state index is 12.0.